The zero-order valence-corrected chi connectivity index (χ0v) is 8.71. The van der Waals surface area contributed by atoms with E-state index < -0.39 is 41.5 Å². The number of nitrogens with one attached hydrogen (secondary N) is 1. The molecule has 0 saturated carbocycles. The van der Waals surface area contributed by atoms with Gasteiger partial charge in [0.1, 0.15) is 12.2 Å². The molecule has 0 aliphatic heterocycles. The lowest BCUT2D eigenvalue weighted by atomic mass is 10.1. The third-order valence-corrected chi connectivity index (χ3v) is 1.87. The minimum Gasteiger partial charge on any atom is -0.478 e. The smallest absolute Gasteiger partial charge is 0.397 e. The first kappa shape index (κ1) is 13.9. The average Bonchev–Trinajstić information content (AvgIpc) is 2.17. The number of hydrogen-bond donors (Lipinski definition) is 2. The molecule has 8 heteroatoms. The van der Waals surface area contributed by atoms with E-state index in [2.05, 4.69) is 0 Å². The molecular weight excluding hydrogens is 258 g/mol. The van der Waals surface area contributed by atoms with Crippen LogP contribution in [0.2, 0.25) is 0 Å². The number of hydrogen-bond acceptors (Lipinski definition) is 2. The van der Waals surface area contributed by atoms with Crippen molar-refractivity contribution in [2.45, 2.75) is 12.6 Å². The van der Waals surface area contributed by atoms with Crippen LogP contribution in [0.5, 0.6) is 0 Å². The highest BCUT2D eigenvalue weighted by molar-refractivity contribution is 6.00. The van der Waals surface area contributed by atoms with E-state index in [4.69, 9.17) is 5.11 Å². The maximum atomic E-state index is 13.2. The van der Waals surface area contributed by atoms with Gasteiger partial charge in [0.25, 0.3) is 0 Å². The molecule has 1 rings (SSSR count). The van der Waals surface area contributed by atoms with Gasteiger partial charge in [-0.05, 0) is 12.1 Å². The number of anilines is 1. The number of aromatic carboxylic acids is 1. The zero-order valence-electron chi connectivity index (χ0n) is 8.71. The fourth-order valence-corrected chi connectivity index (χ4v) is 1.20. The normalized spacial score (nSPS) is 11.1. The number of amides is 1. The van der Waals surface area contributed by atoms with E-state index in [1.807, 2.05) is 0 Å². The van der Waals surface area contributed by atoms with Crippen molar-refractivity contribution in [3.8, 4) is 0 Å². The van der Waals surface area contributed by atoms with Gasteiger partial charge in [0.05, 0.1) is 11.3 Å². The van der Waals surface area contributed by atoms with Crippen molar-refractivity contribution < 1.29 is 32.3 Å². The highest BCUT2D eigenvalue weighted by Gasteiger charge is 2.32. The van der Waals surface area contributed by atoms with Gasteiger partial charge in [0.15, 0.2) is 0 Å². The molecular formula is C10H7F4NO3. The van der Waals surface area contributed by atoms with E-state index >= 15 is 0 Å². The molecule has 1 aromatic carbocycles. The number of alkyl halides is 3. The van der Waals surface area contributed by atoms with Gasteiger partial charge in [-0.3, -0.25) is 4.79 Å². The second-order valence-electron chi connectivity index (χ2n) is 3.31. The first-order chi connectivity index (χ1) is 8.20. The molecule has 1 aromatic rings. The summed E-state index contributed by atoms with van der Waals surface area (Å²) < 4.78 is 48.9. The number of rotatable bonds is 3. The van der Waals surface area contributed by atoms with Gasteiger partial charge in [-0.1, -0.05) is 6.07 Å². The summed E-state index contributed by atoms with van der Waals surface area (Å²) in [5.74, 6) is -4.21. The summed E-state index contributed by atoms with van der Waals surface area (Å²) in [7, 11) is 0. The number of halogens is 4. The van der Waals surface area contributed by atoms with E-state index in [1.54, 1.807) is 5.32 Å². The first-order valence-electron chi connectivity index (χ1n) is 4.59. The van der Waals surface area contributed by atoms with E-state index in [9.17, 15) is 27.2 Å². The lowest BCUT2D eigenvalue weighted by molar-refractivity contribution is -0.150. The van der Waals surface area contributed by atoms with Crippen molar-refractivity contribution in [2.24, 2.45) is 0 Å². The topological polar surface area (TPSA) is 66.4 Å². The Labute approximate surface area is 98.2 Å². The number of benzene rings is 1. The Morgan fingerprint density at radius 1 is 1.28 bits per heavy atom. The first-order valence-corrected chi connectivity index (χ1v) is 4.59. The van der Waals surface area contributed by atoms with Crippen LogP contribution in [0.25, 0.3) is 0 Å². The van der Waals surface area contributed by atoms with Crippen molar-refractivity contribution in [2.75, 3.05) is 5.32 Å². The molecule has 0 aromatic heterocycles. The number of carbonyl (C=O) groups is 2. The van der Waals surface area contributed by atoms with Crippen molar-refractivity contribution in [3.05, 3.63) is 29.6 Å². The van der Waals surface area contributed by atoms with Gasteiger partial charge < -0.3 is 10.4 Å². The van der Waals surface area contributed by atoms with Gasteiger partial charge >= 0.3 is 12.1 Å². The minimum absolute atomic E-state index is 0.620. The molecule has 98 valence electrons. The quantitative estimate of drug-likeness (QED) is 0.825. The second kappa shape index (κ2) is 5.03. The molecule has 18 heavy (non-hydrogen) atoms. The van der Waals surface area contributed by atoms with Gasteiger partial charge in [-0.2, -0.15) is 13.2 Å². The van der Waals surface area contributed by atoms with Gasteiger partial charge in [0.2, 0.25) is 5.91 Å². The van der Waals surface area contributed by atoms with Crippen molar-refractivity contribution in [1.82, 2.24) is 0 Å². The Balaban J connectivity index is 2.97. The van der Waals surface area contributed by atoms with Crippen LogP contribution in [0.1, 0.15) is 16.8 Å². The maximum absolute atomic E-state index is 13.2. The lowest BCUT2D eigenvalue weighted by Crippen LogP contribution is -2.22. The molecule has 0 aliphatic carbocycles. The Bertz CT molecular complexity index is 485. The molecule has 0 aliphatic rings. The fraction of sp³-hybridized carbons (Fsp3) is 0.200. The Morgan fingerprint density at radius 3 is 2.39 bits per heavy atom. The molecule has 0 unspecified atom stereocenters. The number of carboxylic acids is 1. The summed E-state index contributed by atoms with van der Waals surface area (Å²) >= 11 is 0. The monoisotopic (exact) mass is 265 g/mol. The van der Waals surface area contributed by atoms with Crippen LogP contribution in [0.15, 0.2) is 18.2 Å². The predicted molar refractivity (Wildman–Crippen MR) is 52.7 cm³/mol. The van der Waals surface area contributed by atoms with Crippen LogP contribution >= 0.6 is 0 Å². The van der Waals surface area contributed by atoms with E-state index in [-0.39, 0.29) is 0 Å². The second-order valence-corrected chi connectivity index (χ2v) is 3.31. The molecule has 0 saturated heterocycles. The molecule has 0 bridgehead atoms. The zero-order chi connectivity index (χ0) is 13.9. The summed E-state index contributed by atoms with van der Waals surface area (Å²) in [6.45, 7) is 0. The third kappa shape index (κ3) is 3.72. The molecule has 0 fully saturated rings. The molecule has 0 spiro atoms. The molecule has 4 nitrogen and oxygen atoms in total. The molecule has 2 N–H and O–H groups in total. The fourth-order valence-electron chi connectivity index (χ4n) is 1.20. The summed E-state index contributed by atoms with van der Waals surface area (Å²) in [5.41, 5.74) is -1.40. The SMILES string of the molecule is O=C(CC(F)(F)F)Nc1c(F)cccc1C(=O)O. The van der Waals surface area contributed by atoms with Crippen LogP contribution in [0, 0.1) is 5.82 Å². The molecule has 1 amide bonds. The summed E-state index contributed by atoms with van der Waals surface area (Å²) in [4.78, 5) is 21.7. The molecule has 0 radical (unpaired) electrons. The maximum Gasteiger partial charge on any atom is 0.397 e. The van der Waals surface area contributed by atoms with Crippen LogP contribution < -0.4 is 5.32 Å². The summed E-state index contributed by atoms with van der Waals surface area (Å²) in [5, 5.41) is 10.3. The van der Waals surface area contributed by atoms with Gasteiger partial charge in [0, 0.05) is 0 Å². The van der Waals surface area contributed by atoms with Crippen LogP contribution in [0.3, 0.4) is 0 Å². The number of para-hydroxylation sites is 1. The standard InChI is InChI=1S/C10H7F4NO3/c11-6-3-1-2-5(9(17)18)8(6)15-7(16)4-10(12,13)14/h1-3H,4H2,(H,15,16)(H,17,18). The van der Waals surface area contributed by atoms with E-state index in [0.717, 1.165) is 18.2 Å². The number of carbonyl (C=O) groups excluding carboxylic acids is 1. The van der Waals surface area contributed by atoms with Crippen molar-refractivity contribution in [3.63, 3.8) is 0 Å². The average molecular weight is 265 g/mol. The van der Waals surface area contributed by atoms with E-state index in [1.165, 1.54) is 0 Å². The van der Waals surface area contributed by atoms with Crippen LogP contribution in [-0.4, -0.2) is 23.2 Å². The third-order valence-electron chi connectivity index (χ3n) is 1.87. The Hall–Kier alpha value is -2.12. The van der Waals surface area contributed by atoms with Crippen molar-refractivity contribution in [1.29, 1.82) is 0 Å². The largest absolute Gasteiger partial charge is 0.478 e. The Morgan fingerprint density at radius 2 is 1.89 bits per heavy atom. The number of carboxylic acid groups (broad SMARTS) is 1. The summed E-state index contributed by atoms with van der Waals surface area (Å²) in [6, 6.07) is 2.86. The van der Waals surface area contributed by atoms with Crippen LogP contribution in [0.4, 0.5) is 23.2 Å². The van der Waals surface area contributed by atoms with Gasteiger partial charge in [-0.15, -0.1) is 0 Å². The minimum atomic E-state index is -4.75. The molecule has 0 atom stereocenters. The predicted octanol–water partition coefficient (Wildman–Crippen LogP) is 2.41. The highest BCUT2D eigenvalue weighted by atomic mass is 19.4. The Kier molecular flexibility index (Phi) is 3.89. The summed E-state index contributed by atoms with van der Waals surface area (Å²) in [6.07, 6.45) is -6.57. The van der Waals surface area contributed by atoms with E-state index in [0.29, 0.717) is 0 Å². The van der Waals surface area contributed by atoms with Crippen LogP contribution in [-0.2, 0) is 4.79 Å². The highest BCUT2D eigenvalue weighted by Crippen LogP contribution is 2.23. The lowest BCUT2D eigenvalue weighted by Gasteiger charge is -2.10. The van der Waals surface area contributed by atoms with Crippen molar-refractivity contribution >= 4 is 17.6 Å². The van der Waals surface area contributed by atoms with Gasteiger partial charge in [-0.25, -0.2) is 9.18 Å². The molecule has 0 heterocycles.